The number of hydrogen-bond acceptors (Lipinski definition) is 3. The Morgan fingerprint density at radius 2 is 2.16 bits per heavy atom. The molecule has 0 atom stereocenters. The van der Waals surface area contributed by atoms with E-state index >= 15 is 0 Å². The van der Waals surface area contributed by atoms with Crippen molar-refractivity contribution < 1.29 is 4.79 Å². The topological polar surface area (TPSA) is 80.5 Å². The van der Waals surface area contributed by atoms with E-state index in [-0.39, 0.29) is 5.91 Å². The predicted octanol–water partition coefficient (Wildman–Crippen LogP) is 1.87. The third-order valence-electron chi connectivity index (χ3n) is 4.47. The summed E-state index contributed by atoms with van der Waals surface area (Å²) in [5.74, 6) is 1.48. The molecule has 0 bridgehead atoms. The van der Waals surface area contributed by atoms with Crippen LogP contribution in [0, 0.1) is 17.2 Å². The molecule has 1 saturated heterocycles. The van der Waals surface area contributed by atoms with Crippen LogP contribution in [0.25, 0.3) is 0 Å². The zero-order valence-corrected chi connectivity index (χ0v) is 15.1. The Kier molecular flexibility index (Phi) is 7.27. The summed E-state index contributed by atoms with van der Waals surface area (Å²) in [6.45, 7) is 5.24. The molecule has 2 rings (SSSR count). The lowest BCUT2D eigenvalue weighted by molar-refractivity contribution is -0.121. The van der Waals surface area contributed by atoms with E-state index in [1.807, 2.05) is 18.2 Å². The molecule has 1 fully saturated rings. The molecule has 0 spiro atoms. The molecule has 6 heteroatoms. The van der Waals surface area contributed by atoms with Crippen LogP contribution in [-0.2, 0) is 11.3 Å². The maximum atomic E-state index is 11.5. The molecule has 1 aliphatic heterocycles. The number of aliphatic imine (C=N–C) groups is 1. The number of nitrogens with one attached hydrogen (secondary N) is 2. The van der Waals surface area contributed by atoms with E-state index in [9.17, 15) is 4.79 Å². The molecule has 6 nitrogen and oxygen atoms in total. The third-order valence-corrected chi connectivity index (χ3v) is 4.47. The van der Waals surface area contributed by atoms with Gasteiger partial charge in [-0.25, -0.2) is 4.99 Å². The molecular weight excluding hydrogens is 314 g/mol. The van der Waals surface area contributed by atoms with Gasteiger partial charge in [0.05, 0.1) is 18.2 Å². The highest BCUT2D eigenvalue weighted by Gasteiger charge is 2.23. The molecule has 1 heterocycles. The Morgan fingerprint density at radius 1 is 1.40 bits per heavy atom. The van der Waals surface area contributed by atoms with Gasteiger partial charge < -0.3 is 15.5 Å². The molecule has 0 saturated carbocycles. The van der Waals surface area contributed by atoms with Gasteiger partial charge in [0.25, 0.3) is 0 Å². The van der Waals surface area contributed by atoms with E-state index < -0.39 is 0 Å². The van der Waals surface area contributed by atoms with Crippen LogP contribution in [0.2, 0.25) is 0 Å². The molecule has 134 valence electrons. The summed E-state index contributed by atoms with van der Waals surface area (Å²) in [4.78, 5) is 18.5. The average molecular weight is 341 g/mol. The normalized spacial score (nSPS) is 15.6. The Bertz CT molecular complexity index is 641. The first kappa shape index (κ1) is 18.8. The van der Waals surface area contributed by atoms with Gasteiger partial charge in [0.1, 0.15) is 0 Å². The maximum Gasteiger partial charge on any atom is 0.220 e. The van der Waals surface area contributed by atoms with Gasteiger partial charge in [-0.05, 0) is 43.4 Å². The lowest BCUT2D eigenvalue weighted by Crippen LogP contribution is -2.46. The van der Waals surface area contributed by atoms with Crippen LogP contribution in [0.4, 0.5) is 0 Å². The third kappa shape index (κ3) is 5.79. The van der Waals surface area contributed by atoms with Gasteiger partial charge in [0, 0.05) is 33.1 Å². The number of nitriles is 1. The van der Waals surface area contributed by atoms with Gasteiger partial charge in [0.15, 0.2) is 5.96 Å². The average Bonchev–Trinajstić information content (AvgIpc) is 2.66. The lowest BCUT2D eigenvalue weighted by atomic mass is 9.93. The highest BCUT2D eigenvalue weighted by atomic mass is 16.1. The molecule has 25 heavy (non-hydrogen) atoms. The van der Waals surface area contributed by atoms with Crippen molar-refractivity contribution in [3.8, 4) is 6.07 Å². The van der Waals surface area contributed by atoms with E-state index in [0.717, 1.165) is 44.0 Å². The minimum Gasteiger partial charge on any atom is -0.359 e. The quantitative estimate of drug-likeness (QED) is 0.633. The van der Waals surface area contributed by atoms with Crippen LogP contribution in [0.15, 0.2) is 29.3 Å². The van der Waals surface area contributed by atoms with Crippen molar-refractivity contribution in [1.29, 1.82) is 5.26 Å². The van der Waals surface area contributed by atoms with E-state index in [1.54, 1.807) is 13.1 Å². The van der Waals surface area contributed by atoms with Crippen molar-refractivity contribution in [3.05, 3.63) is 35.4 Å². The Balaban J connectivity index is 1.96. The second kappa shape index (κ2) is 9.67. The number of likely N-dealkylation sites (tertiary alicyclic amines) is 1. The zero-order valence-electron chi connectivity index (χ0n) is 15.1. The first-order valence-corrected chi connectivity index (χ1v) is 8.89. The summed E-state index contributed by atoms with van der Waals surface area (Å²) in [6.07, 6.45) is 2.61. The molecule has 1 aromatic rings. The number of carbonyl (C=O) groups excluding carboxylic acids is 1. The molecule has 2 N–H and O–H groups in total. The summed E-state index contributed by atoms with van der Waals surface area (Å²) in [5.41, 5.74) is 1.69. The Labute approximate surface area is 149 Å². The van der Waals surface area contributed by atoms with Gasteiger partial charge in [-0.1, -0.05) is 12.1 Å². The number of amides is 1. The van der Waals surface area contributed by atoms with E-state index in [2.05, 4.69) is 28.5 Å². The summed E-state index contributed by atoms with van der Waals surface area (Å²) < 4.78 is 0. The molecule has 0 radical (unpaired) electrons. The maximum absolute atomic E-state index is 11.5. The fourth-order valence-corrected chi connectivity index (χ4v) is 3.04. The Morgan fingerprint density at radius 3 is 2.80 bits per heavy atom. The van der Waals surface area contributed by atoms with Gasteiger partial charge in [-0.15, -0.1) is 0 Å². The van der Waals surface area contributed by atoms with Crippen LogP contribution in [0.5, 0.6) is 0 Å². The molecule has 1 aromatic carbocycles. The highest BCUT2D eigenvalue weighted by molar-refractivity contribution is 5.80. The number of piperidine rings is 1. The fourth-order valence-electron chi connectivity index (χ4n) is 3.04. The number of nitrogens with zero attached hydrogens (tertiary/aromatic N) is 3. The summed E-state index contributed by atoms with van der Waals surface area (Å²) in [7, 11) is 1.69. The SMILES string of the molecule is CCNC(=NCc1cccc(C#N)c1)N1CCC(CC(=O)NC)CC1. The molecule has 1 amide bonds. The highest BCUT2D eigenvalue weighted by Crippen LogP contribution is 2.20. The monoisotopic (exact) mass is 341 g/mol. The van der Waals surface area contributed by atoms with Crippen LogP contribution in [0.3, 0.4) is 0 Å². The van der Waals surface area contributed by atoms with Gasteiger partial charge >= 0.3 is 0 Å². The molecule has 1 aliphatic rings. The number of benzene rings is 1. The Hall–Kier alpha value is -2.55. The van der Waals surface area contributed by atoms with Crippen molar-refractivity contribution in [2.75, 3.05) is 26.7 Å². The van der Waals surface area contributed by atoms with Gasteiger partial charge in [-0.2, -0.15) is 5.26 Å². The summed E-state index contributed by atoms with van der Waals surface area (Å²) in [5, 5.41) is 15.1. The molecule has 0 aromatic heterocycles. The number of guanidine groups is 1. The van der Waals surface area contributed by atoms with Crippen molar-refractivity contribution in [2.45, 2.75) is 32.7 Å². The number of hydrogen-bond donors (Lipinski definition) is 2. The lowest BCUT2D eigenvalue weighted by Gasteiger charge is -2.34. The van der Waals surface area contributed by atoms with Crippen LogP contribution in [-0.4, -0.2) is 43.4 Å². The minimum absolute atomic E-state index is 0.122. The standard InChI is InChI=1S/C19H27N5O/c1-3-22-19(23-14-17-6-4-5-16(11-17)13-20)24-9-7-15(8-10-24)12-18(25)21-2/h4-6,11,15H,3,7-10,12,14H2,1-2H3,(H,21,25)(H,22,23). The van der Waals surface area contributed by atoms with Crippen LogP contribution >= 0.6 is 0 Å². The number of carbonyl (C=O) groups is 1. The summed E-state index contributed by atoms with van der Waals surface area (Å²) >= 11 is 0. The first-order chi connectivity index (χ1) is 12.2. The van der Waals surface area contributed by atoms with Gasteiger partial charge in [-0.3, -0.25) is 4.79 Å². The van der Waals surface area contributed by atoms with Crippen molar-refractivity contribution in [1.82, 2.24) is 15.5 Å². The zero-order chi connectivity index (χ0) is 18.1. The fraction of sp³-hybridized carbons (Fsp3) is 0.526. The van der Waals surface area contributed by atoms with Crippen molar-refractivity contribution >= 4 is 11.9 Å². The first-order valence-electron chi connectivity index (χ1n) is 8.89. The van der Waals surface area contributed by atoms with Crippen molar-refractivity contribution in [3.63, 3.8) is 0 Å². The molecule has 0 aliphatic carbocycles. The predicted molar refractivity (Wildman–Crippen MR) is 99.0 cm³/mol. The van der Waals surface area contributed by atoms with Crippen LogP contribution in [0.1, 0.15) is 37.3 Å². The molecular formula is C19H27N5O. The van der Waals surface area contributed by atoms with Crippen molar-refractivity contribution in [2.24, 2.45) is 10.9 Å². The second-order valence-electron chi connectivity index (χ2n) is 6.29. The number of rotatable bonds is 5. The largest absolute Gasteiger partial charge is 0.359 e. The summed E-state index contributed by atoms with van der Waals surface area (Å²) in [6, 6.07) is 9.72. The minimum atomic E-state index is 0.122. The van der Waals surface area contributed by atoms with Crippen LogP contribution < -0.4 is 10.6 Å². The molecule has 0 unspecified atom stereocenters. The van der Waals surface area contributed by atoms with E-state index in [1.165, 1.54) is 0 Å². The second-order valence-corrected chi connectivity index (χ2v) is 6.29. The van der Waals surface area contributed by atoms with E-state index in [0.29, 0.717) is 24.4 Å². The smallest absolute Gasteiger partial charge is 0.220 e. The van der Waals surface area contributed by atoms with E-state index in [4.69, 9.17) is 10.3 Å². The van der Waals surface area contributed by atoms with Gasteiger partial charge in [0.2, 0.25) is 5.91 Å².